The molecule has 2 N–H and O–H groups in total. The molecule has 0 saturated heterocycles. The second-order valence-electron chi connectivity index (χ2n) is 2.25. The van der Waals surface area contributed by atoms with Crippen LogP contribution >= 0.6 is 11.6 Å². The molecule has 0 heterocycles. The lowest BCUT2D eigenvalue weighted by Gasteiger charge is -2.03. The van der Waals surface area contributed by atoms with E-state index in [1.165, 1.54) is 18.2 Å². The van der Waals surface area contributed by atoms with Crippen LogP contribution in [-0.4, -0.2) is 9.97 Å². The van der Waals surface area contributed by atoms with Gasteiger partial charge in [-0.15, -0.1) is 0 Å². The number of alkyl halides is 2. The summed E-state index contributed by atoms with van der Waals surface area (Å²) < 4.78 is 35.0. The quantitative estimate of drug-likeness (QED) is 0.785. The summed E-state index contributed by atoms with van der Waals surface area (Å²) in [5, 5.41) is 0.0350. The first-order valence-corrected chi connectivity index (χ1v) is 4.85. The van der Waals surface area contributed by atoms with Crippen molar-refractivity contribution in [3.05, 3.63) is 23.2 Å². The standard InChI is InChI=1S/C7H6ClF2NOS/c8-5-2-1-4(11)3-6(5)13(12)7(9)10/h1-3,7H,11H2. The molecule has 0 radical (unpaired) electrons. The van der Waals surface area contributed by atoms with E-state index >= 15 is 0 Å². The minimum atomic E-state index is -2.95. The molecule has 0 aromatic heterocycles. The molecule has 1 atom stereocenters. The number of nitrogen functional groups attached to an aromatic ring is 1. The lowest BCUT2D eigenvalue weighted by Crippen LogP contribution is -2.03. The molecule has 0 amide bonds. The molecule has 2 nitrogen and oxygen atoms in total. The zero-order valence-corrected chi connectivity index (χ0v) is 7.91. The molecule has 0 saturated carbocycles. The predicted octanol–water partition coefficient (Wildman–Crippen LogP) is 2.25. The Hall–Kier alpha value is -0.680. The fraction of sp³-hybridized carbons (Fsp3) is 0.143. The molecule has 1 aromatic carbocycles. The van der Waals surface area contributed by atoms with Crippen molar-refractivity contribution in [2.45, 2.75) is 10.7 Å². The molecule has 13 heavy (non-hydrogen) atoms. The van der Waals surface area contributed by atoms with Crippen molar-refractivity contribution in [2.75, 3.05) is 5.73 Å². The lowest BCUT2D eigenvalue weighted by atomic mass is 10.3. The average molecular weight is 226 g/mol. The van der Waals surface area contributed by atoms with E-state index in [2.05, 4.69) is 0 Å². The van der Waals surface area contributed by atoms with Crippen LogP contribution in [0.5, 0.6) is 0 Å². The van der Waals surface area contributed by atoms with E-state index in [0.717, 1.165) is 0 Å². The smallest absolute Gasteiger partial charge is 0.316 e. The highest BCUT2D eigenvalue weighted by Gasteiger charge is 2.18. The summed E-state index contributed by atoms with van der Waals surface area (Å²) in [7, 11) is -2.40. The van der Waals surface area contributed by atoms with E-state index in [9.17, 15) is 13.0 Å². The number of anilines is 1. The first-order chi connectivity index (χ1) is 6.02. The number of hydrogen-bond donors (Lipinski definition) is 1. The van der Waals surface area contributed by atoms with Crippen molar-refractivity contribution >= 4 is 28.1 Å². The van der Waals surface area contributed by atoms with Crippen LogP contribution in [0.3, 0.4) is 0 Å². The normalized spacial score (nSPS) is 13.2. The van der Waals surface area contributed by atoms with Gasteiger partial charge in [0.1, 0.15) is 10.8 Å². The van der Waals surface area contributed by atoms with Gasteiger partial charge in [-0.2, -0.15) is 8.78 Å². The van der Waals surface area contributed by atoms with E-state index < -0.39 is 16.6 Å². The van der Waals surface area contributed by atoms with Crippen LogP contribution < -0.4 is 5.73 Å². The van der Waals surface area contributed by atoms with E-state index in [1.807, 2.05) is 0 Å². The van der Waals surface area contributed by atoms with Gasteiger partial charge in [-0.1, -0.05) is 11.6 Å². The Kier molecular flexibility index (Phi) is 3.22. The fourth-order valence-corrected chi connectivity index (χ4v) is 1.82. The monoisotopic (exact) mass is 225 g/mol. The second kappa shape index (κ2) is 4.02. The molecule has 0 aliphatic carbocycles. The summed E-state index contributed by atoms with van der Waals surface area (Å²) in [4.78, 5) is -0.128. The average Bonchev–Trinajstić information content (AvgIpc) is 2.08. The Labute approximate surface area is 81.1 Å². The third-order valence-electron chi connectivity index (χ3n) is 1.33. The largest absolute Gasteiger partial charge is 0.399 e. The topological polar surface area (TPSA) is 43.1 Å². The van der Waals surface area contributed by atoms with Crippen molar-refractivity contribution in [1.29, 1.82) is 0 Å². The highest BCUT2D eigenvalue weighted by molar-refractivity contribution is 7.85. The lowest BCUT2D eigenvalue weighted by molar-refractivity contribution is 0.244. The predicted molar refractivity (Wildman–Crippen MR) is 48.3 cm³/mol. The van der Waals surface area contributed by atoms with E-state index in [0.29, 0.717) is 0 Å². The number of nitrogens with two attached hydrogens (primary N) is 1. The first kappa shape index (κ1) is 10.4. The Morgan fingerprint density at radius 3 is 2.62 bits per heavy atom. The molecule has 1 rings (SSSR count). The van der Waals surface area contributed by atoms with Crippen molar-refractivity contribution in [1.82, 2.24) is 0 Å². The van der Waals surface area contributed by atoms with Crippen molar-refractivity contribution in [3.8, 4) is 0 Å². The van der Waals surface area contributed by atoms with E-state index in [1.54, 1.807) is 0 Å². The van der Waals surface area contributed by atoms with Gasteiger partial charge in [-0.05, 0) is 18.2 Å². The minimum absolute atomic E-state index is 0.0350. The van der Waals surface area contributed by atoms with Gasteiger partial charge in [-0.25, -0.2) is 4.21 Å². The summed E-state index contributed by atoms with van der Waals surface area (Å²) >= 11 is 5.55. The van der Waals surface area contributed by atoms with Gasteiger partial charge in [0.05, 0.1) is 9.92 Å². The Morgan fingerprint density at radius 2 is 2.08 bits per heavy atom. The molecular weight excluding hydrogens is 220 g/mol. The molecular formula is C7H6ClF2NOS. The molecule has 1 aromatic rings. The Morgan fingerprint density at radius 1 is 1.46 bits per heavy atom. The highest BCUT2D eigenvalue weighted by Crippen LogP contribution is 2.24. The fourth-order valence-electron chi connectivity index (χ4n) is 0.770. The van der Waals surface area contributed by atoms with Crippen LogP contribution in [0.4, 0.5) is 14.5 Å². The third kappa shape index (κ3) is 2.38. The Bertz CT molecular complexity index is 345. The van der Waals surface area contributed by atoms with Gasteiger partial charge < -0.3 is 5.73 Å². The van der Waals surface area contributed by atoms with Crippen LogP contribution in [0, 0.1) is 0 Å². The molecule has 0 fully saturated rings. The summed E-state index contributed by atoms with van der Waals surface area (Å²) in [6.07, 6.45) is 0. The van der Waals surface area contributed by atoms with Gasteiger partial charge in [0.2, 0.25) is 0 Å². The number of rotatable bonds is 2. The SMILES string of the molecule is Nc1ccc(Cl)c(S(=O)C(F)F)c1. The van der Waals surface area contributed by atoms with Gasteiger partial charge >= 0.3 is 5.76 Å². The van der Waals surface area contributed by atoms with Gasteiger partial charge in [-0.3, -0.25) is 0 Å². The summed E-state index contributed by atoms with van der Waals surface area (Å²) in [5.41, 5.74) is 5.59. The summed E-state index contributed by atoms with van der Waals surface area (Å²) in [5.74, 6) is -2.95. The van der Waals surface area contributed by atoms with Crippen LogP contribution in [0.15, 0.2) is 23.1 Å². The minimum Gasteiger partial charge on any atom is -0.399 e. The van der Waals surface area contributed by atoms with Crippen molar-refractivity contribution in [2.24, 2.45) is 0 Å². The maximum absolute atomic E-state index is 12.0. The van der Waals surface area contributed by atoms with Gasteiger partial charge in [0.25, 0.3) is 0 Å². The number of benzene rings is 1. The first-order valence-electron chi connectivity index (χ1n) is 3.26. The third-order valence-corrected chi connectivity index (χ3v) is 2.87. The molecule has 6 heteroatoms. The number of halogens is 3. The highest BCUT2D eigenvalue weighted by atomic mass is 35.5. The zero-order chi connectivity index (χ0) is 10.0. The molecule has 1 unspecified atom stereocenters. The van der Waals surface area contributed by atoms with E-state index in [-0.39, 0.29) is 15.6 Å². The van der Waals surface area contributed by atoms with Crippen LogP contribution in [0.1, 0.15) is 0 Å². The van der Waals surface area contributed by atoms with Gasteiger partial charge in [0.15, 0.2) is 0 Å². The summed E-state index contributed by atoms with van der Waals surface area (Å²) in [6, 6.07) is 3.98. The molecule has 0 aliphatic rings. The van der Waals surface area contributed by atoms with E-state index in [4.69, 9.17) is 17.3 Å². The number of hydrogen-bond acceptors (Lipinski definition) is 2. The molecule has 0 spiro atoms. The maximum atomic E-state index is 12.0. The van der Waals surface area contributed by atoms with Crippen LogP contribution in [0.2, 0.25) is 5.02 Å². The molecule has 72 valence electrons. The van der Waals surface area contributed by atoms with Crippen molar-refractivity contribution in [3.63, 3.8) is 0 Å². The van der Waals surface area contributed by atoms with Crippen LogP contribution in [-0.2, 0) is 10.8 Å². The second-order valence-corrected chi connectivity index (χ2v) is 4.05. The summed E-state index contributed by atoms with van der Waals surface area (Å²) in [6.45, 7) is 0. The molecule has 0 aliphatic heterocycles. The van der Waals surface area contributed by atoms with Crippen LogP contribution in [0.25, 0.3) is 0 Å². The Balaban J connectivity index is 3.13. The van der Waals surface area contributed by atoms with Crippen molar-refractivity contribution < 1.29 is 13.0 Å². The zero-order valence-electron chi connectivity index (χ0n) is 6.34. The maximum Gasteiger partial charge on any atom is 0.316 e. The molecule has 0 bridgehead atoms. The van der Waals surface area contributed by atoms with Gasteiger partial charge in [0, 0.05) is 5.69 Å².